The van der Waals surface area contributed by atoms with Gasteiger partial charge in [0.25, 0.3) is 0 Å². The molecule has 0 unspecified atom stereocenters. The monoisotopic (exact) mass is 235 g/mol. The van der Waals surface area contributed by atoms with Gasteiger partial charge in [-0.3, -0.25) is 9.78 Å². The lowest BCUT2D eigenvalue weighted by molar-refractivity contribution is -0.0663. The lowest BCUT2D eigenvalue weighted by Gasteiger charge is -2.34. The van der Waals surface area contributed by atoms with E-state index >= 15 is 0 Å². The number of rotatable bonds is 3. The Morgan fingerprint density at radius 2 is 2.12 bits per heavy atom. The standard InChI is InChI=1S/C13H17NO3/c1-10-7-11(9-14-8-10)12(15)13(16-2)3-5-17-6-4-13/h7-9H,3-6H2,1-2H3. The zero-order valence-corrected chi connectivity index (χ0v) is 10.2. The van der Waals surface area contributed by atoms with E-state index in [-0.39, 0.29) is 5.78 Å². The number of ketones is 1. The van der Waals surface area contributed by atoms with Gasteiger partial charge in [-0.1, -0.05) is 0 Å². The molecule has 0 atom stereocenters. The van der Waals surface area contributed by atoms with Crippen LogP contribution >= 0.6 is 0 Å². The van der Waals surface area contributed by atoms with E-state index in [0.29, 0.717) is 31.6 Å². The van der Waals surface area contributed by atoms with Crippen LogP contribution in [-0.4, -0.2) is 36.7 Å². The fourth-order valence-corrected chi connectivity index (χ4v) is 2.17. The summed E-state index contributed by atoms with van der Waals surface area (Å²) < 4.78 is 10.8. The predicted octanol–water partition coefficient (Wildman–Crippen LogP) is 1.77. The number of methoxy groups -OCH3 is 1. The Hall–Kier alpha value is -1.26. The summed E-state index contributed by atoms with van der Waals surface area (Å²) in [6.07, 6.45) is 4.55. The minimum Gasteiger partial charge on any atom is -0.381 e. The molecule has 2 heterocycles. The first-order valence-electron chi connectivity index (χ1n) is 5.77. The van der Waals surface area contributed by atoms with Crippen molar-refractivity contribution in [1.29, 1.82) is 0 Å². The largest absolute Gasteiger partial charge is 0.381 e. The van der Waals surface area contributed by atoms with Gasteiger partial charge in [-0.25, -0.2) is 0 Å². The summed E-state index contributed by atoms with van der Waals surface area (Å²) in [7, 11) is 1.59. The molecule has 1 aliphatic rings. The van der Waals surface area contributed by atoms with Crippen molar-refractivity contribution in [2.75, 3.05) is 20.3 Å². The van der Waals surface area contributed by atoms with Crippen molar-refractivity contribution in [3.8, 4) is 0 Å². The number of Topliss-reactive ketones (excluding diaryl/α,β-unsaturated/α-hetero) is 1. The fraction of sp³-hybridized carbons (Fsp3) is 0.538. The molecule has 2 rings (SSSR count). The Morgan fingerprint density at radius 3 is 2.71 bits per heavy atom. The highest BCUT2D eigenvalue weighted by Crippen LogP contribution is 2.28. The summed E-state index contributed by atoms with van der Waals surface area (Å²) in [5, 5.41) is 0. The summed E-state index contributed by atoms with van der Waals surface area (Å²) in [5.74, 6) is 0.0134. The maximum atomic E-state index is 12.5. The molecule has 1 fully saturated rings. The molecule has 4 heteroatoms. The number of ether oxygens (including phenoxy) is 2. The second kappa shape index (κ2) is 4.94. The number of pyridine rings is 1. The zero-order chi connectivity index (χ0) is 12.3. The quantitative estimate of drug-likeness (QED) is 0.749. The van der Waals surface area contributed by atoms with Crippen molar-refractivity contribution in [2.45, 2.75) is 25.4 Å². The van der Waals surface area contributed by atoms with Crippen LogP contribution in [0.4, 0.5) is 0 Å². The lowest BCUT2D eigenvalue weighted by Crippen LogP contribution is -2.45. The van der Waals surface area contributed by atoms with Gasteiger partial charge in [-0.2, -0.15) is 0 Å². The maximum absolute atomic E-state index is 12.5. The predicted molar refractivity (Wildman–Crippen MR) is 63.1 cm³/mol. The molecule has 0 saturated carbocycles. The molecule has 1 aromatic heterocycles. The van der Waals surface area contributed by atoms with Crippen molar-refractivity contribution in [3.05, 3.63) is 29.6 Å². The minimum absolute atomic E-state index is 0.0134. The van der Waals surface area contributed by atoms with Crippen molar-refractivity contribution >= 4 is 5.78 Å². The number of carbonyl (C=O) groups is 1. The molecule has 1 aliphatic heterocycles. The van der Waals surface area contributed by atoms with Crippen LogP contribution in [-0.2, 0) is 9.47 Å². The molecule has 0 aromatic carbocycles. The van der Waals surface area contributed by atoms with E-state index in [0.717, 1.165) is 5.56 Å². The molecule has 0 bridgehead atoms. The van der Waals surface area contributed by atoms with Crippen LogP contribution in [0.1, 0.15) is 28.8 Å². The van der Waals surface area contributed by atoms with Gasteiger partial charge in [0.05, 0.1) is 0 Å². The Bertz CT molecular complexity index is 411. The molecule has 1 saturated heterocycles. The van der Waals surface area contributed by atoms with Gasteiger partial charge in [-0.15, -0.1) is 0 Å². The van der Waals surface area contributed by atoms with Crippen LogP contribution in [0.15, 0.2) is 18.5 Å². The van der Waals surface area contributed by atoms with E-state index in [1.54, 1.807) is 19.5 Å². The second-order valence-corrected chi connectivity index (χ2v) is 4.39. The van der Waals surface area contributed by atoms with E-state index in [1.165, 1.54) is 0 Å². The Labute approximate surface area is 101 Å². The van der Waals surface area contributed by atoms with Crippen LogP contribution in [0.5, 0.6) is 0 Å². The Morgan fingerprint density at radius 1 is 1.41 bits per heavy atom. The van der Waals surface area contributed by atoms with E-state index < -0.39 is 5.60 Å². The normalized spacial score (nSPS) is 18.9. The van der Waals surface area contributed by atoms with Gasteiger partial charge in [0.1, 0.15) is 5.60 Å². The topological polar surface area (TPSA) is 48.4 Å². The summed E-state index contributed by atoms with van der Waals surface area (Å²) in [6.45, 7) is 3.06. The molecular weight excluding hydrogens is 218 g/mol. The molecule has 0 aliphatic carbocycles. The molecule has 0 spiro atoms. The molecule has 0 amide bonds. The van der Waals surface area contributed by atoms with Gasteiger partial charge in [0, 0.05) is 51.1 Å². The first-order valence-corrected chi connectivity index (χ1v) is 5.77. The minimum atomic E-state index is -0.728. The van der Waals surface area contributed by atoms with Crippen LogP contribution in [0.2, 0.25) is 0 Å². The second-order valence-electron chi connectivity index (χ2n) is 4.39. The average molecular weight is 235 g/mol. The van der Waals surface area contributed by atoms with Gasteiger partial charge in [0.15, 0.2) is 5.78 Å². The highest BCUT2D eigenvalue weighted by Gasteiger charge is 2.40. The van der Waals surface area contributed by atoms with Crippen LogP contribution in [0, 0.1) is 6.92 Å². The van der Waals surface area contributed by atoms with Gasteiger partial charge in [-0.05, 0) is 18.6 Å². The first-order chi connectivity index (χ1) is 8.18. The highest BCUT2D eigenvalue weighted by atomic mass is 16.5. The van der Waals surface area contributed by atoms with E-state index in [1.807, 2.05) is 13.0 Å². The Kier molecular flexibility index (Phi) is 3.54. The number of hydrogen-bond acceptors (Lipinski definition) is 4. The van der Waals surface area contributed by atoms with Crippen molar-refractivity contribution < 1.29 is 14.3 Å². The number of carbonyl (C=O) groups excluding carboxylic acids is 1. The highest BCUT2D eigenvalue weighted by molar-refractivity contribution is 6.02. The number of hydrogen-bond donors (Lipinski definition) is 0. The van der Waals surface area contributed by atoms with Gasteiger partial charge < -0.3 is 9.47 Å². The first kappa shape index (κ1) is 12.2. The number of nitrogens with zero attached hydrogens (tertiary/aromatic N) is 1. The summed E-state index contributed by atoms with van der Waals surface area (Å²) >= 11 is 0. The van der Waals surface area contributed by atoms with E-state index in [9.17, 15) is 4.79 Å². The third-order valence-electron chi connectivity index (χ3n) is 3.24. The fourth-order valence-electron chi connectivity index (χ4n) is 2.17. The van der Waals surface area contributed by atoms with E-state index in [4.69, 9.17) is 9.47 Å². The summed E-state index contributed by atoms with van der Waals surface area (Å²) in [4.78, 5) is 16.5. The third kappa shape index (κ3) is 2.37. The van der Waals surface area contributed by atoms with Crippen LogP contribution in [0.25, 0.3) is 0 Å². The molecule has 0 radical (unpaired) electrons. The average Bonchev–Trinajstić information content (AvgIpc) is 2.38. The van der Waals surface area contributed by atoms with Crippen molar-refractivity contribution in [3.63, 3.8) is 0 Å². The van der Waals surface area contributed by atoms with E-state index in [2.05, 4.69) is 4.98 Å². The zero-order valence-electron chi connectivity index (χ0n) is 10.2. The SMILES string of the molecule is COC1(C(=O)c2cncc(C)c2)CCOCC1. The van der Waals surface area contributed by atoms with Crippen molar-refractivity contribution in [2.24, 2.45) is 0 Å². The lowest BCUT2D eigenvalue weighted by atomic mass is 9.86. The molecular formula is C13H17NO3. The number of aromatic nitrogens is 1. The molecule has 0 N–H and O–H groups in total. The molecule has 17 heavy (non-hydrogen) atoms. The molecule has 4 nitrogen and oxygen atoms in total. The van der Waals surface area contributed by atoms with Crippen molar-refractivity contribution in [1.82, 2.24) is 4.98 Å². The smallest absolute Gasteiger partial charge is 0.196 e. The molecule has 1 aromatic rings. The third-order valence-corrected chi connectivity index (χ3v) is 3.24. The van der Waals surface area contributed by atoms with Crippen LogP contribution < -0.4 is 0 Å². The Balaban J connectivity index is 2.28. The maximum Gasteiger partial charge on any atom is 0.196 e. The molecule has 92 valence electrons. The summed E-state index contributed by atoms with van der Waals surface area (Å²) in [6, 6.07) is 1.85. The van der Waals surface area contributed by atoms with Crippen LogP contribution in [0.3, 0.4) is 0 Å². The van der Waals surface area contributed by atoms with Gasteiger partial charge in [0.2, 0.25) is 0 Å². The summed E-state index contributed by atoms with van der Waals surface area (Å²) in [5.41, 5.74) is 0.871. The van der Waals surface area contributed by atoms with Gasteiger partial charge >= 0.3 is 0 Å². The number of aryl methyl sites for hydroxylation is 1.